The van der Waals surface area contributed by atoms with E-state index in [0.29, 0.717) is 19.0 Å². The first-order valence-corrected chi connectivity index (χ1v) is 11.4. The van der Waals surface area contributed by atoms with Gasteiger partial charge < -0.3 is 10.2 Å². The Morgan fingerprint density at radius 3 is 2.73 bits per heavy atom. The maximum Gasteiger partial charge on any atom is 0.263 e. The van der Waals surface area contributed by atoms with Gasteiger partial charge in [-0.3, -0.25) is 9.69 Å². The van der Waals surface area contributed by atoms with Crippen molar-refractivity contribution in [1.82, 2.24) is 19.8 Å². The number of carbonyl (C=O) groups is 1. The molecular weight excluding hydrogens is 396 g/mol. The van der Waals surface area contributed by atoms with Crippen LogP contribution in [0.4, 0.5) is 0 Å². The molecule has 0 radical (unpaired) electrons. The summed E-state index contributed by atoms with van der Waals surface area (Å²) in [6, 6.07) is 4.26. The van der Waals surface area contributed by atoms with Gasteiger partial charge in [0, 0.05) is 56.7 Å². The molecule has 10 heteroatoms. The van der Waals surface area contributed by atoms with E-state index in [4.69, 9.17) is 0 Å². The van der Waals surface area contributed by atoms with Crippen LogP contribution < -0.4 is 10.0 Å². The lowest BCUT2D eigenvalue weighted by Gasteiger charge is -2.32. The first-order valence-electron chi connectivity index (χ1n) is 8.70. The number of hydrogen-bond acceptors (Lipinski definition) is 6. The zero-order valence-corrected chi connectivity index (χ0v) is 17.4. The molecule has 3 heterocycles. The lowest BCUT2D eigenvalue weighted by atomic mass is 10.2. The molecule has 1 amide bonds. The summed E-state index contributed by atoms with van der Waals surface area (Å²) >= 11 is 1.47. The molecule has 0 aromatic carbocycles. The van der Waals surface area contributed by atoms with E-state index in [2.05, 4.69) is 14.9 Å². The second kappa shape index (κ2) is 9.48. The lowest BCUT2D eigenvalue weighted by molar-refractivity contribution is 0.0778. The number of nitrogens with one attached hydrogen (secondary N) is 2. The van der Waals surface area contributed by atoms with Crippen molar-refractivity contribution in [3.63, 3.8) is 0 Å². The maximum atomic E-state index is 12.7. The number of amides is 1. The van der Waals surface area contributed by atoms with Gasteiger partial charge >= 0.3 is 0 Å². The maximum absolute atomic E-state index is 12.7. The number of piperazine rings is 1. The van der Waals surface area contributed by atoms with Crippen LogP contribution >= 0.6 is 23.7 Å². The van der Waals surface area contributed by atoms with Gasteiger partial charge in [0.25, 0.3) is 5.91 Å². The van der Waals surface area contributed by atoms with Crippen molar-refractivity contribution in [2.24, 2.45) is 0 Å². The number of sulfonamides is 1. The first kappa shape index (κ1) is 21.6. The number of hydrogen-bond donors (Lipinski definition) is 2. The third-order valence-corrected chi connectivity index (χ3v) is 6.59. The SMILES string of the molecule is CS(=O)(=O)NCCc1ccc(C(=O)N2CCC(N3CCNCC3)C2)s1.Cl. The zero-order valence-electron chi connectivity index (χ0n) is 14.9. The van der Waals surface area contributed by atoms with Gasteiger partial charge in [-0.2, -0.15) is 0 Å². The highest BCUT2D eigenvalue weighted by Gasteiger charge is 2.31. The average molecular weight is 423 g/mol. The van der Waals surface area contributed by atoms with E-state index in [0.717, 1.165) is 61.7 Å². The molecule has 1 atom stereocenters. The van der Waals surface area contributed by atoms with Gasteiger partial charge in [0.15, 0.2) is 0 Å². The Morgan fingerprint density at radius 2 is 2.04 bits per heavy atom. The molecule has 2 fully saturated rings. The molecule has 3 rings (SSSR count). The van der Waals surface area contributed by atoms with Crippen molar-refractivity contribution in [3.8, 4) is 0 Å². The number of halogens is 1. The van der Waals surface area contributed by atoms with Gasteiger partial charge in [0.05, 0.1) is 11.1 Å². The van der Waals surface area contributed by atoms with E-state index in [1.54, 1.807) is 0 Å². The molecule has 0 saturated carbocycles. The monoisotopic (exact) mass is 422 g/mol. The van der Waals surface area contributed by atoms with Crippen LogP contribution in [0.5, 0.6) is 0 Å². The molecule has 0 bridgehead atoms. The van der Waals surface area contributed by atoms with Crippen LogP contribution in [0.25, 0.3) is 0 Å². The van der Waals surface area contributed by atoms with Gasteiger partial charge in [-0.15, -0.1) is 23.7 Å². The summed E-state index contributed by atoms with van der Waals surface area (Å²) in [7, 11) is -3.16. The Hall–Kier alpha value is -0.710. The molecule has 2 N–H and O–H groups in total. The average Bonchev–Trinajstić information content (AvgIpc) is 3.23. The number of likely N-dealkylation sites (tertiary alicyclic amines) is 1. The van der Waals surface area contributed by atoms with Crippen molar-refractivity contribution < 1.29 is 13.2 Å². The smallest absolute Gasteiger partial charge is 0.263 e. The predicted molar refractivity (Wildman–Crippen MR) is 107 cm³/mol. The normalized spacial score (nSPS) is 21.6. The fourth-order valence-electron chi connectivity index (χ4n) is 3.41. The van der Waals surface area contributed by atoms with Crippen LogP contribution in [-0.4, -0.2) is 82.2 Å². The zero-order chi connectivity index (χ0) is 17.9. The molecule has 2 saturated heterocycles. The Balaban J connectivity index is 0.00000243. The predicted octanol–water partition coefficient (Wildman–Crippen LogP) is 0.381. The van der Waals surface area contributed by atoms with Crippen molar-refractivity contribution in [2.45, 2.75) is 18.9 Å². The van der Waals surface area contributed by atoms with E-state index in [9.17, 15) is 13.2 Å². The summed E-state index contributed by atoms with van der Waals surface area (Å²) in [4.78, 5) is 18.9. The molecule has 1 unspecified atom stereocenters. The highest BCUT2D eigenvalue weighted by atomic mass is 35.5. The Morgan fingerprint density at radius 1 is 1.31 bits per heavy atom. The quantitative estimate of drug-likeness (QED) is 0.692. The molecule has 2 aliphatic heterocycles. The topological polar surface area (TPSA) is 81.8 Å². The molecule has 2 aliphatic rings. The molecule has 7 nitrogen and oxygen atoms in total. The Kier molecular flexibility index (Phi) is 7.87. The van der Waals surface area contributed by atoms with Crippen LogP contribution in [0, 0.1) is 0 Å². The highest BCUT2D eigenvalue weighted by molar-refractivity contribution is 7.88. The first-order chi connectivity index (χ1) is 11.9. The lowest BCUT2D eigenvalue weighted by Crippen LogP contribution is -2.49. The summed E-state index contributed by atoms with van der Waals surface area (Å²) in [6.07, 6.45) is 2.80. The van der Waals surface area contributed by atoms with Crippen molar-refractivity contribution in [1.29, 1.82) is 0 Å². The standard InChI is InChI=1S/C16H26N4O3S2.ClH/c1-25(22,23)18-6-4-14-2-3-15(24-14)16(21)20-9-5-13(12-20)19-10-7-17-8-11-19;/h2-3,13,17-18H,4-12H2,1H3;1H. The third kappa shape index (κ3) is 5.90. The molecular formula is C16H27ClN4O3S2. The van der Waals surface area contributed by atoms with Gasteiger partial charge in [-0.1, -0.05) is 0 Å². The summed E-state index contributed by atoms with van der Waals surface area (Å²) in [5.74, 6) is 0.102. The summed E-state index contributed by atoms with van der Waals surface area (Å²) in [5, 5.41) is 3.36. The Bertz CT molecular complexity index is 704. The second-order valence-corrected chi connectivity index (χ2v) is 9.66. The number of carbonyl (C=O) groups excluding carboxylic acids is 1. The molecule has 148 valence electrons. The minimum atomic E-state index is -3.16. The number of nitrogens with zero attached hydrogens (tertiary/aromatic N) is 2. The minimum absolute atomic E-state index is 0. The van der Waals surface area contributed by atoms with Crippen LogP contribution in [0.1, 0.15) is 21.0 Å². The Labute approximate surface area is 165 Å². The van der Waals surface area contributed by atoms with Gasteiger partial charge in [0.1, 0.15) is 0 Å². The van der Waals surface area contributed by atoms with E-state index >= 15 is 0 Å². The summed E-state index contributed by atoms with van der Waals surface area (Å²) in [6.45, 7) is 6.16. The molecule has 0 spiro atoms. The fraction of sp³-hybridized carbons (Fsp3) is 0.688. The van der Waals surface area contributed by atoms with E-state index in [-0.39, 0.29) is 18.3 Å². The number of thiophene rings is 1. The second-order valence-electron chi connectivity index (χ2n) is 6.66. The van der Waals surface area contributed by atoms with E-state index in [1.165, 1.54) is 11.3 Å². The van der Waals surface area contributed by atoms with Crippen LogP contribution in [-0.2, 0) is 16.4 Å². The van der Waals surface area contributed by atoms with Gasteiger partial charge in [0.2, 0.25) is 10.0 Å². The van der Waals surface area contributed by atoms with E-state index in [1.807, 2.05) is 17.0 Å². The third-order valence-electron chi connectivity index (χ3n) is 4.73. The van der Waals surface area contributed by atoms with Crippen molar-refractivity contribution in [2.75, 3.05) is 52.1 Å². The fourth-order valence-corrected chi connectivity index (χ4v) is 4.86. The van der Waals surface area contributed by atoms with Crippen molar-refractivity contribution >= 4 is 39.7 Å². The molecule has 1 aromatic heterocycles. The summed E-state index contributed by atoms with van der Waals surface area (Å²) in [5.41, 5.74) is 0. The van der Waals surface area contributed by atoms with E-state index < -0.39 is 10.0 Å². The van der Waals surface area contributed by atoms with Gasteiger partial charge in [-0.25, -0.2) is 13.1 Å². The van der Waals surface area contributed by atoms with Crippen LogP contribution in [0.15, 0.2) is 12.1 Å². The molecule has 0 aliphatic carbocycles. The minimum Gasteiger partial charge on any atom is -0.336 e. The number of rotatable bonds is 6. The summed E-state index contributed by atoms with van der Waals surface area (Å²) < 4.78 is 24.7. The molecule has 1 aromatic rings. The largest absolute Gasteiger partial charge is 0.336 e. The van der Waals surface area contributed by atoms with Crippen LogP contribution in [0.3, 0.4) is 0 Å². The van der Waals surface area contributed by atoms with Crippen molar-refractivity contribution in [3.05, 3.63) is 21.9 Å². The van der Waals surface area contributed by atoms with Crippen LogP contribution in [0.2, 0.25) is 0 Å². The molecule has 26 heavy (non-hydrogen) atoms. The van der Waals surface area contributed by atoms with Gasteiger partial charge in [-0.05, 0) is 25.0 Å². The highest BCUT2D eigenvalue weighted by Crippen LogP contribution is 2.23.